The third-order valence-electron chi connectivity index (χ3n) is 3.50. The summed E-state index contributed by atoms with van der Waals surface area (Å²) in [6.45, 7) is 6.84. The minimum atomic E-state index is -0.0648. The molecule has 1 unspecified atom stereocenters. The summed E-state index contributed by atoms with van der Waals surface area (Å²) in [6.07, 6.45) is 4.34. The van der Waals surface area contributed by atoms with Gasteiger partial charge in [0.25, 0.3) is 0 Å². The fraction of sp³-hybridized carbons (Fsp3) is 0.353. The van der Waals surface area contributed by atoms with E-state index < -0.39 is 0 Å². The van der Waals surface area contributed by atoms with Crippen LogP contribution in [0.3, 0.4) is 0 Å². The van der Waals surface area contributed by atoms with Crippen molar-refractivity contribution in [3.05, 3.63) is 58.9 Å². The predicted octanol–water partition coefficient (Wildman–Crippen LogP) is 3.34. The zero-order valence-corrected chi connectivity index (χ0v) is 12.4. The van der Waals surface area contributed by atoms with E-state index in [1.165, 1.54) is 16.7 Å². The van der Waals surface area contributed by atoms with E-state index >= 15 is 0 Å². The van der Waals surface area contributed by atoms with E-state index in [9.17, 15) is 0 Å². The van der Waals surface area contributed by atoms with Gasteiger partial charge < -0.3 is 10.5 Å². The van der Waals surface area contributed by atoms with Crippen LogP contribution in [0.25, 0.3) is 0 Å². The SMILES string of the molecule is CCOc1cncc(C(N)Cc2ccc(C)c(C)c2)c1. The molecule has 2 rings (SSSR count). The molecule has 3 heteroatoms. The summed E-state index contributed by atoms with van der Waals surface area (Å²) in [6, 6.07) is 8.40. The van der Waals surface area contributed by atoms with Crippen molar-refractivity contribution in [2.24, 2.45) is 5.73 Å². The molecule has 3 nitrogen and oxygen atoms in total. The molecule has 0 saturated carbocycles. The molecular formula is C17H22N2O. The summed E-state index contributed by atoms with van der Waals surface area (Å²) in [7, 11) is 0. The van der Waals surface area contributed by atoms with E-state index in [-0.39, 0.29) is 6.04 Å². The number of benzene rings is 1. The van der Waals surface area contributed by atoms with Gasteiger partial charge in [-0.05, 0) is 55.5 Å². The zero-order chi connectivity index (χ0) is 14.5. The summed E-state index contributed by atoms with van der Waals surface area (Å²) >= 11 is 0. The number of aryl methyl sites for hydroxylation is 2. The first-order chi connectivity index (χ1) is 9.60. The molecule has 0 amide bonds. The van der Waals surface area contributed by atoms with Crippen LogP contribution in [0.5, 0.6) is 5.75 Å². The van der Waals surface area contributed by atoms with Gasteiger partial charge in [0, 0.05) is 12.2 Å². The Hall–Kier alpha value is -1.87. The van der Waals surface area contributed by atoms with Crippen LogP contribution in [-0.4, -0.2) is 11.6 Å². The maximum atomic E-state index is 6.28. The van der Waals surface area contributed by atoms with Crippen LogP contribution in [0, 0.1) is 13.8 Å². The summed E-state index contributed by atoms with van der Waals surface area (Å²) < 4.78 is 5.46. The van der Waals surface area contributed by atoms with Gasteiger partial charge in [0.1, 0.15) is 5.75 Å². The molecule has 2 N–H and O–H groups in total. The van der Waals surface area contributed by atoms with Crippen molar-refractivity contribution in [2.45, 2.75) is 33.2 Å². The molecule has 0 aliphatic carbocycles. The maximum absolute atomic E-state index is 6.28. The number of hydrogen-bond acceptors (Lipinski definition) is 3. The highest BCUT2D eigenvalue weighted by molar-refractivity contribution is 5.32. The van der Waals surface area contributed by atoms with Gasteiger partial charge in [0.2, 0.25) is 0 Å². The summed E-state index contributed by atoms with van der Waals surface area (Å²) in [5.74, 6) is 0.778. The summed E-state index contributed by atoms with van der Waals surface area (Å²) in [5, 5.41) is 0. The lowest BCUT2D eigenvalue weighted by atomic mass is 9.98. The molecule has 0 radical (unpaired) electrons. The topological polar surface area (TPSA) is 48.1 Å². The largest absolute Gasteiger partial charge is 0.492 e. The van der Waals surface area contributed by atoms with Crippen LogP contribution in [0.2, 0.25) is 0 Å². The van der Waals surface area contributed by atoms with E-state index in [4.69, 9.17) is 10.5 Å². The van der Waals surface area contributed by atoms with Crippen molar-refractivity contribution in [3.8, 4) is 5.75 Å². The van der Waals surface area contributed by atoms with E-state index in [0.717, 1.165) is 17.7 Å². The quantitative estimate of drug-likeness (QED) is 0.906. The standard InChI is InChI=1S/C17H22N2O/c1-4-20-16-9-15(10-19-11-16)17(18)8-14-6-5-12(2)13(3)7-14/h5-7,9-11,17H,4,8,18H2,1-3H3. The molecule has 0 saturated heterocycles. The van der Waals surface area contributed by atoms with Crippen molar-refractivity contribution < 1.29 is 4.74 Å². The van der Waals surface area contributed by atoms with Gasteiger partial charge in [-0.25, -0.2) is 0 Å². The average molecular weight is 270 g/mol. The molecule has 0 aliphatic heterocycles. The van der Waals surface area contributed by atoms with Crippen molar-refractivity contribution in [1.29, 1.82) is 0 Å². The van der Waals surface area contributed by atoms with Crippen molar-refractivity contribution in [2.75, 3.05) is 6.61 Å². The van der Waals surface area contributed by atoms with Crippen molar-refractivity contribution >= 4 is 0 Å². The van der Waals surface area contributed by atoms with Gasteiger partial charge in [0.05, 0.1) is 12.8 Å². The van der Waals surface area contributed by atoms with Crippen LogP contribution in [0.1, 0.15) is 35.2 Å². The first-order valence-corrected chi connectivity index (χ1v) is 6.99. The lowest BCUT2D eigenvalue weighted by Crippen LogP contribution is -2.14. The Morgan fingerprint density at radius 1 is 1.15 bits per heavy atom. The highest BCUT2D eigenvalue weighted by Crippen LogP contribution is 2.20. The average Bonchev–Trinajstić information content (AvgIpc) is 2.43. The minimum absolute atomic E-state index is 0.0648. The number of ether oxygens (including phenoxy) is 1. The molecule has 0 aliphatic rings. The van der Waals surface area contributed by atoms with Gasteiger partial charge in [-0.15, -0.1) is 0 Å². The van der Waals surface area contributed by atoms with Crippen LogP contribution in [-0.2, 0) is 6.42 Å². The molecular weight excluding hydrogens is 248 g/mol. The zero-order valence-electron chi connectivity index (χ0n) is 12.4. The van der Waals surface area contributed by atoms with E-state index in [2.05, 4.69) is 37.0 Å². The lowest BCUT2D eigenvalue weighted by Gasteiger charge is -2.14. The third kappa shape index (κ3) is 3.58. The Balaban J connectivity index is 2.12. The molecule has 1 aromatic carbocycles. The number of hydrogen-bond donors (Lipinski definition) is 1. The lowest BCUT2D eigenvalue weighted by molar-refractivity contribution is 0.338. The van der Waals surface area contributed by atoms with Crippen molar-refractivity contribution in [1.82, 2.24) is 4.98 Å². The van der Waals surface area contributed by atoms with Crippen LogP contribution in [0.15, 0.2) is 36.7 Å². The van der Waals surface area contributed by atoms with Gasteiger partial charge in [-0.2, -0.15) is 0 Å². The first-order valence-electron chi connectivity index (χ1n) is 6.99. The Bertz CT molecular complexity index is 581. The van der Waals surface area contributed by atoms with Crippen molar-refractivity contribution in [3.63, 3.8) is 0 Å². The van der Waals surface area contributed by atoms with Gasteiger partial charge in [-0.3, -0.25) is 4.98 Å². The van der Waals surface area contributed by atoms with Gasteiger partial charge in [-0.1, -0.05) is 18.2 Å². The monoisotopic (exact) mass is 270 g/mol. The first kappa shape index (κ1) is 14.5. The maximum Gasteiger partial charge on any atom is 0.137 e. The molecule has 1 aromatic heterocycles. The summed E-state index contributed by atoms with van der Waals surface area (Å²) in [4.78, 5) is 4.19. The normalized spacial score (nSPS) is 12.2. The second-order valence-electron chi connectivity index (χ2n) is 5.12. The fourth-order valence-corrected chi connectivity index (χ4v) is 2.19. The van der Waals surface area contributed by atoms with Crippen LogP contribution >= 0.6 is 0 Å². The van der Waals surface area contributed by atoms with Crippen LogP contribution in [0.4, 0.5) is 0 Å². The van der Waals surface area contributed by atoms with E-state index in [1.54, 1.807) is 6.20 Å². The Kier molecular flexibility index (Phi) is 4.74. The Morgan fingerprint density at radius 2 is 1.95 bits per heavy atom. The molecule has 1 heterocycles. The number of pyridine rings is 1. The molecule has 0 bridgehead atoms. The van der Waals surface area contributed by atoms with E-state index in [1.807, 2.05) is 19.2 Å². The van der Waals surface area contributed by atoms with E-state index in [0.29, 0.717) is 6.61 Å². The predicted molar refractivity (Wildman–Crippen MR) is 82.0 cm³/mol. The molecule has 106 valence electrons. The number of rotatable bonds is 5. The smallest absolute Gasteiger partial charge is 0.137 e. The molecule has 20 heavy (non-hydrogen) atoms. The van der Waals surface area contributed by atoms with Gasteiger partial charge >= 0.3 is 0 Å². The highest BCUT2D eigenvalue weighted by Gasteiger charge is 2.09. The second kappa shape index (κ2) is 6.53. The fourth-order valence-electron chi connectivity index (χ4n) is 2.19. The number of nitrogens with zero attached hydrogens (tertiary/aromatic N) is 1. The highest BCUT2D eigenvalue weighted by atomic mass is 16.5. The molecule has 0 spiro atoms. The number of aromatic nitrogens is 1. The number of nitrogens with two attached hydrogens (primary N) is 1. The minimum Gasteiger partial charge on any atom is -0.492 e. The molecule has 2 aromatic rings. The second-order valence-corrected chi connectivity index (χ2v) is 5.12. The van der Waals surface area contributed by atoms with Gasteiger partial charge in [0.15, 0.2) is 0 Å². The van der Waals surface area contributed by atoms with Crippen LogP contribution < -0.4 is 10.5 Å². The third-order valence-corrected chi connectivity index (χ3v) is 3.50. The Labute approximate surface area is 120 Å². The Morgan fingerprint density at radius 3 is 2.65 bits per heavy atom. The molecule has 1 atom stereocenters. The summed E-state index contributed by atoms with van der Waals surface area (Å²) in [5.41, 5.74) is 11.2. The molecule has 0 fully saturated rings.